The third kappa shape index (κ3) is 3.52. The second-order valence-electron chi connectivity index (χ2n) is 5.60. The van der Waals surface area contributed by atoms with Gasteiger partial charge in [0.05, 0.1) is 12.7 Å². The van der Waals surface area contributed by atoms with E-state index in [1.54, 1.807) is 24.3 Å². The van der Waals surface area contributed by atoms with E-state index in [2.05, 4.69) is 5.32 Å². The number of ether oxygens (including phenoxy) is 1. The first-order valence-electron chi connectivity index (χ1n) is 7.76. The Bertz CT molecular complexity index is 972. The quantitative estimate of drug-likeness (QED) is 0.613. The minimum atomic E-state index is -0.483. The largest absolute Gasteiger partial charge is 0.465 e. The Hall–Kier alpha value is -2.57. The molecule has 2 heterocycles. The van der Waals surface area contributed by atoms with Crippen molar-refractivity contribution in [1.29, 1.82) is 0 Å². The molecule has 1 N–H and O–H groups in total. The molecule has 5 nitrogen and oxygen atoms in total. The van der Waals surface area contributed by atoms with Gasteiger partial charge in [-0.05, 0) is 55.8 Å². The van der Waals surface area contributed by atoms with Gasteiger partial charge in [-0.2, -0.15) is 0 Å². The van der Waals surface area contributed by atoms with E-state index in [1.165, 1.54) is 18.4 Å². The number of thiophene rings is 1. The number of benzene rings is 1. The molecule has 0 saturated heterocycles. The molecular formula is C19H16ClNO4S. The van der Waals surface area contributed by atoms with Gasteiger partial charge in [-0.1, -0.05) is 11.6 Å². The lowest BCUT2D eigenvalue weighted by Gasteiger charge is -2.04. The van der Waals surface area contributed by atoms with Gasteiger partial charge in [-0.25, -0.2) is 4.79 Å². The number of nitrogens with one attached hydrogen (secondary N) is 1. The first-order valence-corrected chi connectivity index (χ1v) is 8.95. The topological polar surface area (TPSA) is 68.5 Å². The number of halogens is 1. The summed E-state index contributed by atoms with van der Waals surface area (Å²) in [6.07, 6.45) is 0. The maximum absolute atomic E-state index is 12.5. The van der Waals surface area contributed by atoms with Crippen molar-refractivity contribution in [3.63, 3.8) is 0 Å². The van der Waals surface area contributed by atoms with Crippen LogP contribution >= 0.6 is 22.9 Å². The van der Waals surface area contributed by atoms with Crippen molar-refractivity contribution >= 4 is 39.8 Å². The monoisotopic (exact) mass is 389 g/mol. The number of anilines is 1. The Morgan fingerprint density at radius 1 is 1.12 bits per heavy atom. The van der Waals surface area contributed by atoms with Gasteiger partial charge in [0.15, 0.2) is 5.76 Å². The van der Waals surface area contributed by atoms with Gasteiger partial charge in [0, 0.05) is 15.5 Å². The van der Waals surface area contributed by atoms with Gasteiger partial charge < -0.3 is 14.5 Å². The molecule has 0 unspecified atom stereocenters. The molecule has 0 fully saturated rings. The number of carbonyl (C=O) groups excluding carboxylic acids is 2. The Morgan fingerprint density at radius 3 is 2.46 bits per heavy atom. The van der Waals surface area contributed by atoms with E-state index in [0.717, 1.165) is 16.0 Å². The molecule has 3 aromatic rings. The van der Waals surface area contributed by atoms with Gasteiger partial charge >= 0.3 is 5.97 Å². The van der Waals surface area contributed by atoms with Crippen LogP contribution in [-0.4, -0.2) is 19.0 Å². The summed E-state index contributed by atoms with van der Waals surface area (Å²) in [7, 11) is 1.31. The van der Waals surface area contributed by atoms with Crippen molar-refractivity contribution in [2.45, 2.75) is 13.8 Å². The summed E-state index contributed by atoms with van der Waals surface area (Å²) in [5.74, 6) is -0.215. The first kappa shape index (κ1) is 18.2. The van der Waals surface area contributed by atoms with Gasteiger partial charge in [-0.15, -0.1) is 11.3 Å². The van der Waals surface area contributed by atoms with Gasteiger partial charge in [0.25, 0.3) is 5.91 Å². The number of furan rings is 1. The summed E-state index contributed by atoms with van der Waals surface area (Å²) < 4.78 is 10.5. The molecule has 134 valence electrons. The summed E-state index contributed by atoms with van der Waals surface area (Å²) in [5, 5.41) is 3.81. The van der Waals surface area contributed by atoms with E-state index >= 15 is 0 Å². The second kappa shape index (κ2) is 7.35. The number of methoxy groups -OCH3 is 1. The molecule has 0 aliphatic rings. The molecule has 3 rings (SSSR count). The molecule has 1 aromatic carbocycles. The standard InChI is InChI=1S/C19H16ClNO4S/c1-10-11(2)26-18(16(10)19(23)24-3)21-17(22)15-9-8-14(25-15)12-4-6-13(20)7-5-12/h4-9H,1-3H3,(H,21,22). The van der Waals surface area contributed by atoms with Gasteiger partial charge in [0.2, 0.25) is 0 Å². The zero-order valence-corrected chi connectivity index (χ0v) is 16.0. The zero-order valence-electron chi connectivity index (χ0n) is 14.4. The number of hydrogen-bond donors (Lipinski definition) is 1. The second-order valence-corrected chi connectivity index (χ2v) is 7.27. The minimum Gasteiger partial charge on any atom is -0.465 e. The summed E-state index contributed by atoms with van der Waals surface area (Å²) in [6.45, 7) is 3.70. The number of amides is 1. The maximum atomic E-state index is 12.5. The third-order valence-corrected chi connectivity index (χ3v) is 5.34. The normalized spacial score (nSPS) is 10.6. The molecule has 26 heavy (non-hydrogen) atoms. The molecule has 7 heteroatoms. The van der Waals surface area contributed by atoms with E-state index in [9.17, 15) is 9.59 Å². The average Bonchev–Trinajstić information content (AvgIpc) is 3.21. The highest BCUT2D eigenvalue weighted by Gasteiger charge is 2.23. The highest BCUT2D eigenvalue weighted by atomic mass is 35.5. The molecular weight excluding hydrogens is 374 g/mol. The Morgan fingerprint density at radius 2 is 1.81 bits per heavy atom. The van der Waals surface area contributed by atoms with Gasteiger partial charge in [0.1, 0.15) is 10.8 Å². The average molecular weight is 390 g/mol. The van der Waals surface area contributed by atoms with Crippen LogP contribution in [0.25, 0.3) is 11.3 Å². The van der Waals surface area contributed by atoms with E-state index in [0.29, 0.717) is 21.3 Å². The van der Waals surface area contributed by atoms with Crippen LogP contribution in [0.4, 0.5) is 5.00 Å². The fourth-order valence-corrected chi connectivity index (χ4v) is 3.63. The van der Waals surface area contributed by atoms with Crippen molar-refractivity contribution in [2.75, 3.05) is 12.4 Å². The van der Waals surface area contributed by atoms with Crippen LogP contribution in [0.3, 0.4) is 0 Å². The fraction of sp³-hybridized carbons (Fsp3) is 0.158. The lowest BCUT2D eigenvalue weighted by molar-refractivity contribution is 0.0601. The van der Waals surface area contributed by atoms with Crippen LogP contribution in [-0.2, 0) is 4.74 Å². The van der Waals surface area contributed by atoms with E-state index < -0.39 is 11.9 Å². The smallest absolute Gasteiger partial charge is 0.341 e. The van der Waals surface area contributed by atoms with Crippen molar-refractivity contribution in [1.82, 2.24) is 0 Å². The van der Waals surface area contributed by atoms with E-state index in [1.807, 2.05) is 26.0 Å². The van der Waals surface area contributed by atoms with Crippen molar-refractivity contribution in [3.8, 4) is 11.3 Å². The van der Waals surface area contributed by atoms with E-state index in [-0.39, 0.29) is 5.76 Å². The molecule has 0 radical (unpaired) electrons. The molecule has 1 amide bonds. The number of hydrogen-bond acceptors (Lipinski definition) is 5. The zero-order chi connectivity index (χ0) is 18.8. The number of carbonyl (C=O) groups is 2. The van der Waals surface area contributed by atoms with Crippen LogP contribution in [0.2, 0.25) is 5.02 Å². The summed E-state index contributed by atoms with van der Waals surface area (Å²) >= 11 is 7.20. The van der Waals surface area contributed by atoms with Crippen LogP contribution in [0.15, 0.2) is 40.8 Å². The summed E-state index contributed by atoms with van der Waals surface area (Å²) in [4.78, 5) is 25.5. The highest BCUT2D eigenvalue weighted by molar-refractivity contribution is 7.16. The van der Waals surface area contributed by atoms with Crippen molar-refractivity contribution in [3.05, 3.63) is 63.2 Å². The van der Waals surface area contributed by atoms with Crippen LogP contribution < -0.4 is 5.32 Å². The SMILES string of the molecule is COC(=O)c1c(NC(=O)c2ccc(-c3ccc(Cl)cc3)o2)sc(C)c1C. The molecule has 0 aliphatic carbocycles. The molecule has 2 aromatic heterocycles. The van der Waals surface area contributed by atoms with Crippen LogP contribution in [0.1, 0.15) is 31.4 Å². The Balaban J connectivity index is 1.85. The molecule has 0 bridgehead atoms. The highest BCUT2D eigenvalue weighted by Crippen LogP contribution is 2.33. The molecule has 0 atom stereocenters. The predicted octanol–water partition coefficient (Wildman–Crippen LogP) is 5.32. The predicted molar refractivity (Wildman–Crippen MR) is 102 cm³/mol. The van der Waals surface area contributed by atoms with Crippen LogP contribution in [0.5, 0.6) is 0 Å². The molecule has 0 aliphatic heterocycles. The minimum absolute atomic E-state index is 0.148. The fourth-order valence-electron chi connectivity index (χ4n) is 2.46. The van der Waals surface area contributed by atoms with Crippen molar-refractivity contribution in [2.24, 2.45) is 0 Å². The van der Waals surface area contributed by atoms with E-state index in [4.69, 9.17) is 20.8 Å². The Labute approximate surface area is 159 Å². The van der Waals surface area contributed by atoms with Crippen molar-refractivity contribution < 1.29 is 18.7 Å². The lowest BCUT2D eigenvalue weighted by atomic mass is 10.1. The summed E-state index contributed by atoms with van der Waals surface area (Å²) in [5.41, 5.74) is 1.97. The number of rotatable bonds is 4. The number of aryl methyl sites for hydroxylation is 1. The Kier molecular flexibility index (Phi) is 5.15. The van der Waals surface area contributed by atoms with Crippen LogP contribution in [0, 0.1) is 13.8 Å². The number of esters is 1. The first-order chi connectivity index (χ1) is 12.4. The summed E-state index contributed by atoms with van der Waals surface area (Å²) in [6, 6.07) is 10.4. The lowest BCUT2D eigenvalue weighted by Crippen LogP contribution is -2.13. The maximum Gasteiger partial charge on any atom is 0.341 e. The molecule has 0 saturated carbocycles. The molecule has 0 spiro atoms. The third-order valence-electron chi connectivity index (χ3n) is 3.96. The van der Waals surface area contributed by atoms with Gasteiger partial charge in [-0.3, -0.25) is 4.79 Å².